The molecule has 0 radical (unpaired) electrons. The SMILES string of the molecule is C=C1C=CC(=O)N1CC(C)(C)CC(C)CN1C(=O)C=CC1=O. The zero-order chi connectivity index (χ0) is 16.5. The molecule has 22 heavy (non-hydrogen) atoms. The Hall–Kier alpha value is -2.17. The van der Waals surface area contributed by atoms with E-state index in [0.29, 0.717) is 18.8 Å². The summed E-state index contributed by atoms with van der Waals surface area (Å²) < 4.78 is 0. The minimum absolute atomic E-state index is 0.0418. The van der Waals surface area contributed by atoms with Crippen LogP contribution < -0.4 is 0 Å². The van der Waals surface area contributed by atoms with Gasteiger partial charge in [-0.3, -0.25) is 19.3 Å². The molecule has 5 heteroatoms. The third kappa shape index (κ3) is 3.53. The number of nitrogens with zero attached hydrogens (tertiary/aromatic N) is 2. The summed E-state index contributed by atoms with van der Waals surface area (Å²) in [7, 11) is 0. The van der Waals surface area contributed by atoms with Gasteiger partial charge in [0.05, 0.1) is 0 Å². The average Bonchev–Trinajstić information content (AvgIpc) is 2.88. The minimum Gasteiger partial charge on any atom is -0.309 e. The largest absolute Gasteiger partial charge is 0.309 e. The van der Waals surface area contributed by atoms with Gasteiger partial charge in [0, 0.05) is 37.0 Å². The van der Waals surface area contributed by atoms with Crippen LogP contribution in [0, 0.1) is 11.3 Å². The van der Waals surface area contributed by atoms with Crippen LogP contribution in [0.25, 0.3) is 0 Å². The Kier molecular flexibility index (Phi) is 4.35. The van der Waals surface area contributed by atoms with Crippen molar-refractivity contribution in [2.45, 2.75) is 27.2 Å². The molecule has 3 amide bonds. The molecule has 0 aromatic rings. The molecule has 0 spiro atoms. The highest BCUT2D eigenvalue weighted by molar-refractivity contribution is 6.12. The Bertz CT molecular complexity index is 551. The lowest BCUT2D eigenvalue weighted by Crippen LogP contribution is -2.38. The van der Waals surface area contributed by atoms with Crippen LogP contribution in [0.1, 0.15) is 27.2 Å². The zero-order valence-corrected chi connectivity index (χ0v) is 13.3. The summed E-state index contributed by atoms with van der Waals surface area (Å²) in [5.74, 6) is -0.384. The maximum atomic E-state index is 11.8. The molecule has 0 bridgehead atoms. The van der Waals surface area contributed by atoms with Crippen molar-refractivity contribution >= 4 is 17.7 Å². The van der Waals surface area contributed by atoms with Crippen molar-refractivity contribution in [3.05, 3.63) is 36.6 Å². The summed E-state index contributed by atoms with van der Waals surface area (Å²) in [6.45, 7) is 11.0. The maximum absolute atomic E-state index is 11.8. The van der Waals surface area contributed by atoms with Gasteiger partial charge in [-0.25, -0.2) is 0 Å². The Labute approximate surface area is 131 Å². The lowest BCUT2D eigenvalue weighted by Gasteiger charge is -2.33. The lowest BCUT2D eigenvalue weighted by atomic mass is 9.82. The van der Waals surface area contributed by atoms with Crippen LogP contribution in [0.15, 0.2) is 36.6 Å². The van der Waals surface area contributed by atoms with Crippen LogP contribution in [-0.4, -0.2) is 40.6 Å². The highest BCUT2D eigenvalue weighted by Crippen LogP contribution is 2.30. The van der Waals surface area contributed by atoms with Gasteiger partial charge in [-0.15, -0.1) is 0 Å². The summed E-state index contributed by atoms with van der Waals surface area (Å²) >= 11 is 0. The van der Waals surface area contributed by atoms with E-state index in [-0.39, 0.29) is 29.1 Å². The molecular formula is C17H22N2O3. The van der Waals surface area contributed by atoms with Crippen LogP contribution >= 0.6 is 0 Å². The average molecular weight is 302 g/mol. The van der Waals surface area contributed by atoms with Crippen LogP contribution in [0.5, 0.6) is 0 Å². The molecule has 2 aliphatic rings. The Morgan fingerprint density at radius 2 is 1.50 bits per heavy atom. The minimum atomic E-state index is -0.248. The summed E-state index contributed by atoms with van der Waals surface area (Å²) in [4.78, 5) is 37.9. The highest BCUT2D eigenvalue weighted by Gasteiger charge is 2.31. The zero-order valence-electron chi connectivity index (χ0n) is 13.3. The van der Waals surface area contributed by atoms with Gasteiger partial charge in [-0.1, -0.05) is 27.4 Å². The van der Waals surface area contributed by atoms with Gasteiger partial charge in [0.15, 0.2) is 0 Å². The number of amides is 3. The molecule has 1 atom stereocenters. The van der Waals surface area contributed by atoms with E-state index in [1.54, 1.807) is 11.0 Å². The first-order valence-electron chi connectivity index (χ1n) is 7.42. The third-order valence-corrected chi connectivity index (χ3v) is 3.91. The van der Waals surface area contributed by atoms with E-state index in [1.807, 2.05) is 6.92 Å². The first-order valence-corrected chi connectivity index (χ1v) is 7.42. The molecule has 1 unspecified atom stereocenters. The van der Waals surface area contributed by atoms with Crippen molar-refractivity contribution in [2.75, 3.05) is 13.1 Å². The van der Waals surface area contributed by atoms with Crippen molar-refractivity contribution in [3.8, 4) is 0 Å². The van der Waals surface area contributed by atoms with Crippen molar-refractivity contribution < 1.29 is 14.4 Å². The number of imide groups is 1. The van der Waals surface area contributed by atoms with E-state index in [1.165, 1.54) is 23.1 Å². The monoisotopic (exact) mass is 302 g/mol. The number of carbonyl (C=O) groups is 3. The Morgan fingerprint density at radius 3 is 2.00 bits per heavy atom. The van der Waals surface area contributed by atoms with E-state index in [2.05, 4.69) is 20.4 Å². The fourth-order valence-electron chi connectivity index (χ4n) is 3.09. The molecule has 2 rings (SSSR count). The Balaban J connectivity index is 1.91. The fourth-order valence-corrected chi connectivity index (χ4v) is 3.09. The van der Waals surface area contributed by atoms with Crippen LogP contribution in [0.3, 0.4) is 0 Å². The van der Waals surface area contributed by atoms with Crippen LogP contribution in [-0.2, 0) is 14.4 Å². The molecule has 2 aliphatic heterocycles. The first kappa shape index (κ1) is 16.2. The van der Waals surface area contributed by atoms with Crippen molar-refractivity contribution in [2.24, 2.45) is 11.3 Å². The standard InChI is InChI=1S/C17H22N2O3/c1-12(10-18-14(20)7-8-15(18)21)9-17(3,4)11-19-13(2)5-6-16(19)22/h5-8,12H,2,9-11H2,1,3-4H3. The van der Waals surface area contributed by atoms with Gasteiger partial charge in [0.25, 0.3) is 17.7 Å². The second-order valence-electron chi connectivity index (χ2n) is 6.84. The topological polar surface area (TPSA) is 57.7 Å². The second-order valence-corrected chi connectivity index (χ2v) is 6.84. The molecule has 0 saturated heterocycles. The van der Waals surface area contributed by atoms with Crippen molar-refractivity contribution in [1.82, 2.24) is 9.80 Å². The molecular weight excluding hydrogens is 280 g/mol. The van der Waals surface area contributed by atoms with Crippen molar-refractivity contribution in [1.29, 1.82) is 0 Å². The van der Waals surface area contributed by atoms with Crippen molar-refractivity contribution in [3.63, 3.8) is 0 Å². The molecule has 0 N–H and O–H groups in total. The van der Waals surface area contributed by atoms with Gasteiger partial charge in [-0.05, 0) is 23.8 Å². The Morgan fingerprint density at radius 1 is 1.00 bits per heavy atom. The maximum Gasteiger partial charge on any atom is 0.253 e. The lowest BCUT2D eigenvalue weighted by molar-refractivity contribution is -0.137. The summed E-state index contributed by atoms with van der Waals surface area (Å²) in [5, 5.41) is 0. The highest BCUT2D eigenvalue weighted by atomic mass is 16.2. The third-order valence-electron chi connectivity index (χ3n) is 3.91. The molecule has 118 valence electrons. The van der Waals surface area contributed by atoms with Crippen LogP contribution in [0.2, 0.25) is 0 Å². The van der Waals surface area contributed by atoms with Gasteiger partial charge in [-0.2, -0.15) is 0 Å². The van der Waals surface area contributed by atoms with E-state index in [4.69, 9.17) is 0 Å². The molecule has 0 aromatic carbocycles. The summed E-state index contributed by atoms with van der Waals surface area (Å²) in [6.07, 6.45) is 6.64. The van der Waals surface area contributed by atoms with E-state index >= 15 is 0 Å². The van der Waals surface area contributed by atoms with E-state index < -0.39 is 0 Å². The molecule has 0 aromatic heterocycles. The van der Waals surface area contributed by atoms with Crippen LogP contribution in [0.4, 0.5) is 0 Å². The number of rotatable bonds is 6. The van der Waals surface area contributed by atoms with Gasteiger partial charge < -0.3 is 4.90 Å². The second kappa shape index (κ2) is 5.91. The van der Waals surface area contributed by atoms with E-state index in [0.717, 1.165) is 6.42 Å². The summed E-state index contributed by atoms with van der Waals surface area (Å²) in [5.41, 5.74) is 0.573. The fraction of sp³-hybridized carbons (Fsp3) is 0.471. The molecule has 2 heterocycles. The summed E-state index contributed by atoms with van der Waals surface area (Å²) in [6, 6.07) is 0. The smallest absolute Gasteiger partial charge is 0.253 e. The number of allylic oxidation sites excluding steroid dienone is 1. The number of carbonyl (C=O) groups excluding carboxylic acids is 3. The molecule has 5 nitrogen and oxygen atoms in total. The van der Waals surface area contributed by atoms with E-state index in [9.17, 15) is 14.4 Å². The first-order chi connectivity index (χ1) is 10.2. The molecule has 0 saturated carbocycles. The number of hydrogen-bond acceptors (Lipinski definition) is 3. The molecule has 0 fully saturated rings. The van der Waals surface area contributed by atoms with Gasteiger partial charge in [0.1, 0.15) is 0 Å². The normalized spacial score (nSPS) is 19.8. The predicted octanol–water partition coefficient (Wildman–Crippen LogP) is 1.88. The quantitative estimate of drug-likeness (QED) is 0.704. The van der Waals surface area contributed by atoms with Gasteiger partial charge >= 0.3 is 0 Å². The molecule has 0 aliphatic carbocycles. The predicted molar refractivity (Wildman–Crippen MR) is 83.4 cm³/mol. The van der Waals surface area contributed by atoms with Gasteiger partial charge in [0.2, 0.25) is 0 Å². The number of hydrogen-bond donors (Lipinski definition) is 0.